The molecule has 1 amide bonds. The Morgan fingerprint density at radius 1 is 1.36 bits per heavy atom. The van der Waals surface area contributed by atoms with Crippen LogP contribution in [0.2, 0.25) is 0 Å². The van der Waals surface area contributed by atoms with E-state index in [1.165, 1.54) is 12.4 Å². The Hall–Kier alpha value is -1.73. The number of morpholine rings is 1. The molecule has 1 aromatic rings. The zero-order chi connectivity index (χ0) is 16.3. The molecule has 0 radical (unpaired) electrons. The smallest absolute Gasteiger partial charge is 0.273 e. The summed E-state index contributed by atoms with van der Waals surface area (Å²) in [6.45, 7) is 10.5. The van der Waals surface area contributed by atoms with Gasteiger partial charge in [0.05, 0.1) is 12.2 Å². The van der Waals surface area contributed by atoms with E-state index in [0.717, 1.165) is 13.1 Å². The summed E-state index contributed by atoms with van der Waals surface area (Å²) in [5.41, 5.74) is 5.67. The number of nitrogens with two attached hydrogens (primary N) is 1. The van der Waals surface area contributed by atoms with E-state index in [1.54, 1.807) is 0 Å². The van der Waals surface area contributed by atoms with Crippen LogP contribution in [0.25, 0.3) is 0 Å². The fourth-order valence-corrected chi connectivity index (χ4v) is 2.69. The van der Waals surface area contributed by atoms with Crippen molar-refractivity contribution in [2.24, 2.45) is 0 Å². The van der Waals surface area contributed by atoms with Crippen molar-refractivity contribution in [3.8, 4) is 0 Å². The molecule has 1 aliphatic heterocycles. The number of carbonyl (C=O) groups excluding carboxylic acids is 1. The lowest BCUT2D eigenvalue weighted by atomic mass is 10.00. The average Bonchev–Trinajstić information content (AvgIpc) is 2.44. The first-order chi connectivity index (χ1) is 10.3. The molecule has 122 valence electrons. The molecule has 0 aliphatic carbocycles. The van der Waals surface area contributed by atoms with Crippen molar-refractivity contribution in [2.75, 3.05) is 25.4 Å². The molecule has 0 aromatic carbocycles. The van der Waals surface area contributed by atoms with Crippen LogP contribution >= 0.6 is 0 Å². The molecule has 2 rings (SSSR count). The monoisotopic (exact) mass is 307 g/mol. The molecule has 3 N–H and O–H groups in total. The number of anilines is 1. The van der Waals surface area contributed by atoms with Gasteiger partial charge in [-0.3, -0.25) is 9.69 Å². The fraction of sp³-hybridized carbons (Fsp3) is 0.667. The number of hydrogen-bond acceptors (Lipinski definition) is 6. The first kappa shape index (κ1) is 16.6. The molecule has 2 heterocycles. The molecule has 2 atom stereocenters. The minimum atomic E-state index is -0.298. The summed E-state index contributed by atoms with van der Waals surface area (Å²) in [7, 11) is 0. The number of carbonyl (C=O) groups is 1. The first-order valence-electron chi connectivity index (χ1n) is 7.55. The van der Waals surface area contributed by atoms with Crippen molar-refractivity contribution < 1.29 is 9.53 Å². The third-order valence-corrected chi connectivity index (χ3v) is 3.90. The Labute approximate surface area is 131 Å². The predicted octanol–water partition coefficient (Wildman–Crippen LogP) is 0.676. The van der Waals surface area contributed by atoms with Crippen LogP contribution in [-0.2, 0) is 4.74 Å². The maximum atomic E-state index is 12.2. The number of aromatic nitrogens is 2. The van der Waals surface area contributed by atoms with Gasteiger partial charge in [-0.15, -0.1) is 0 Å². The Morgan fingerprint density at radius 3 is 2.55 bits per heavy atom. The molecule has 0 bridgehead atoms. The molecule has 0 spiro atoms. The van der Waals surface area contributed by atoms with E-state index < -0.39 is 0 Å². The van der Waals surface area contributed by atoms with Crippen molar-refractivity contribution in [1.82, 2.24) is 20.2 Å². The van der Waals surface area contributed by atoms with E-state index in [1.807, 2.05) is 0 Å². The maximum absolute atomic E-state index is 12.2. The van der Waals surface area contributed by atoms with Gasteiger partial charge in [0.25, 0.3) is 5.91 Å². The molecule has 22 heavy (non-hydrogen) atoms. The third-order valence-electron chi connectivity index (χ3n) is 3.90. The van der Waals surface area contributed by atoms with Gasteiger partial charge in [0.2, 0.25) is 0 Å². The number of amides is 1. The lowest BCUT2D eigenvalue weighted by Crippen LogP contribution is -2.58. The highest BCUT2D eigenvalue weighted by atomic mass is 16.5. The minimum absolute atomic E-state index is 0.145. The Morgan fingerprint density at radius 2 is 1.95 bits per heavy atom. The zero-order valence-corrected chi connectivity index (χ0v) is 13.7. The van der Waals surface area contributed by atoms with Crippen LogP contribution in [0.15, 0.2) is 12.4 Å². The molecule has 0 saturated carbocycles. The van der Waals surface area contributed by atoms with E-state index in [9.17, 15) is 4.79 Å². The summed E-state index contributed by atoms with van der Waals surface area (Å²) in [5, 5.41) is 2.90. The number of nitrogens with one attached hydrogen (secondary N) is 1. The number of ether oxygens (including phenoxy) is 1. The van der Waals surface area contributed by atoms with Crippen LogP contribution in [0.5, 0.6) is 0 Å². The molecule has 7 heteroatoms. The lowest BCUT2D eigenvalue weighted by molar-refractivity contribution is -0.0948. The summed E-state index contributed by atoms with van der Waals surface area (Å²) in [6.07, 6.45) is 3.30. The van der Waals surface area contributed by atoms with Crippen LogP contribution in [0, 0.1) is 0 Å². The second kappa shape index (κ2) is 6.58. The van der Waals surface area contributed by atoms with Gasteiger partial charge in [0.15, 0.2) is 11.5 Å². The van der Waals surface area contributed by atoms with E-state index >= 15 is 0 Å². The highest BCUT2D eigenvalue weighted by Crippen LogP contribution is 2.20. The Kier molecular flexibility index (Phi) is 4.97. The van der Waals surface area contributed by atoms with Crippen LogP contribution in [-0.4, -0.2) is 58.2 Å². The fourth-order valence-electron chi connectivity index (χ4n) is 2.69. The van der Waals surface area contributed by atoms with Crippen LogP contribution in [0.3, 0.4) is 0 Å². The molecule has 1 aromatic heterocycles. The lowest BCUT2D eigenvalue weighted by Gasteiger charge is -2.45. The largest absolute Gasteiger partial charge is 0.382 e. The van der Waals surface area contributed by atoms with Gasteiger partial charge in [-0.05, 0) is 27.7 Å². The molecule has 0 unspecified atom stereocenters. The van der Waals surface area contributed by atoms with E-state index in [0.29, 0.717) is 6.54 Å². The van der Waals surface area contributed by atoms with Gasteiger partial charge < -0.3 is 15.8 Å². The van der Waals surface area contributed by atoms with Crippen LogP contribution in [0.1, 0.15) is 38.2 Å². The van der Waals surface area contributed by atoms with Gasteiger partial charge in [0.1, 0.15) is 0 Å². The number of nitrogens with zero attached hydrogens (tertiary/aromatic N) is 3. The number of nitrogen functional groups attached to an aromatic ring is 1. The summed E-state index contributed by atoms with van der Waals surface area (Å²) >= 11 is 0. The van der Waals surface area contributed by atoms with Gasteiger partial charge in [-0.1, -0.05) is 0 Å². The second-order valence-corrected chi connectivity index (χ2v) is 6.45. The van der Waals surface area contributed by atoms with Gasteiger partial charge in [0, 0.05) is 37.6 Å². The summed E-state index contributed by atoms with van der Waals surface area (Å²) in [4.78, 5) is 22.4. The summed E-state index contributed by atoms with van der Waals surface area (Å²) < 4.78 is 5.76. The Bertz CT molecular complexity index is 524. The highest BCUT2D eigenvalue weighted by Gasteiger charge is 2.33. The van der Waals surface area contributed by atoms with Gasteiger partial charge >= 0.3 is 0 Å². The van der Waals surface area contributed by atoms with Crippen LogP contribution < -0.4 is 11.1 Å². The Balaban J connectivity index is 1.97. The topological polar surface area (TPSA) is 93.4 Å². The molecular formula is C15H25N5O2. The summed E-state index contributed by atoms with van der Waals surface area (Å²) in [6, 6.07) is 0. The maximum Gasteiger partial charge on any atom is 0.273 e. The average molecular weight is 307 g/mol. The zero-order valence-electron chi connectivity index (χ0n) is 13.7. The molecular weight excluding hydrogens is 282 g/mol. The second-order valence-electron chi connectivity index (χ2n) is 6.45. The standard InChI is InChI=1S/C15H25N5O2/c1-10-7-20(8-11(2)22-10)15(3,4)9-19-14(21)12-13(16)18-6-5-17-12/h5-6,10-11H,7-9H2,1-4H3,(H2,16,18)(H,19,21)/t10-,11-/m0/s1. The molecule has 1 saturated heterocycles. The van der Waals surface area contributed by atoms with Crippen molar-refractivity contribution >= 4 is 11.7 Å². The highest BCUT2D eigenvalue weighted by molar-refractivity contribution is 5.96. The van der Waals surface area contributed by atoms with E-state index in [4.69, 9.17) is 10.5 Å². The number of rotatable bonds is 4. The van der Waals surface area contributed by atoms with Crippen molar-refractivity contribution in [2.45, 2.75) is 45.4 Å². The van der Waals surface area contributed by atoms with E-state index in [-0.39, 0.29) is 35.2 Å². The van der Waals surface area contributed by atoms with Crippen LogP contribution in [0.4, 0.5) is 5.82 Å². The first-order valence-corrected chi connectivity index (χ1v) is 7.55. The van der Waals surface area contributed by atoms with Crippen molar-refractivity contribution in [3.63, 3.8) is 0 Å². The SMILES string of the molecule is C[C@H]1CN(C(C)(C)CNC(=O)c2nccnc2N)C[C@H](C)O1. The predicted molar refractivity (Wildman–Crippen MR) is 84.4 cm³/mol. The van der Waals surface area contributed by atoms with Gasteiger partial charge in [-0.2, -0.15) is 0 Å². The van der Waals surface area contributed by atoms with Crippen molar-refractivity contribution in [1.29, 1.82) is 0 Å². The summed E-state index contributed by atoms with van der Waals surface area (Å²) in [5.74, 6) is -0.153. The minimum Gasteiger partial charge on any atom is -0.382 e. The number of hydrogen-bond donors (Lipinski definition) is 2. The molecule has 7 nitrogen and oxygen atoms in total. The van der Waals surface area contributed by atoms with Crippen molar-refractivity contribution in [3.05, 3.63) is 18.1 Å². The van der Waals surface area contributed by atoms with E-state index in [2.05, 4.69) is 47.9 Å². The molecule has 1 fully saturated rings. The quantitative estimate of drug-likeness (QED) is 0.849. The molecule has 1 aliphatic rings. The normalized spacial score (nSPS) is 23.3. The third kappa shape index (κ3) is 3.92. The van der Waals surface area contributed by atoms with Gasteiger partial charge in [-0.25, -0.2) is 9.97 Å².